The van der Waals surface area contributed by atoms with E-state index < -0.39 is 0 Å². The SMILES string of the molecule is C1CC2CCOC2O1.CNC. The van der Waals surface area contributed by atoms with Crippen LogP contribution in [0.25, 0.3) is 0 Å². The highest BCUT2D eigenvalue weighted by atomic mass is 16.7. The minimum atomic E-state index is 0.176. The molecule has 3 nitrogen and oxygen atoms in total. The van der Waals surface area contributed by atoms with Gasteiger partial charge in [-0.1, -0.05) is 0 Å². The van der Waals surface area contributed by atoms with Gasteiger partial charge in [-0.2, -0.15) is 0 Å². The van der Waals surface area contributed by atoms with Gasteiger partial charge >= 0.3 is 0 Å². The van der Waals surface area contributed by atoms with Crippen molar-refractivity contribution in [3.05, 3.63) is 0 Å². The minimum absolute atomic E-state index is 0.176. The van der Waals surface area contributed by atoms with Crippen molar-refractivity contribution in [2.75, 3.05) is 27.3 Å². The van der Waals surface area contributed by atoms with Gasteiger partial charge in [0.05, 0.1) is 13.2 Å². The largest absolute Gasteiger partial charge is 0.352 e. The van der Waals surface area contributed by atoms with Crippen LogP contribution in [0, 0.1) is 5.92 Å². The predicted molar refractivity (Wildman–Crippen MR) is 43.4 cm³/mol. The first-order valence-corrected chi connectivity index (χ1v) is 4.20. The first-order chi connectivity index (χ1) is 5.38. The third kappa shape index (κ3) is 2.43. The Labute approximate surface area is 68.1 Å². The Bertz CT molecular complexity index is 88.3. The van der Waals surface area contributed by atoms with Crippen LogP contribution < -0.4 is 5.32 Å². The van der Waals surface area contributed by atoms with Crippen molar-refractivity contribution in [1.82, 2.24) is 5.32 Å². The van der Waals surface area contributed by atoms with Crippen LogP contribution in [0.3, 0.4) is 0 Å². The fourth-order valence-corrected chi connectivity index (χ4v) is 1.41. The van der Waals surface area contributed by atoms with E-state index in [0.717, 1.165) is 19.1 Å². The van der Waals surface area contributed by atoms with Crippen molar-refractivity contribution in [2.24, 2.45) is 5.92 Å². The fourth-order valence-electron chi connectivity index (χ4n) is 1.41. The van der Waals surface area contributed by atoms with Crippen LogP contribution in [0.4, 0.5) is 0 Å². The summed E-state index contributed by atoms with van der Waals surface area (Å²) in [4.78, 5) is 0. The lowest BCUT2D eigenvalue weighted by Crippen LogP contribution is -2.08. The molecule has 0 bridgehead atoms. The summed E-state index contributed by atoms with van der Waals surface area (Å²) in [5, 5.41) is 2.75. The number of rotatable bonds is 0. The highest BCUT2D eigenvalue weighted by molar-refractivity contribution is 4.73. The Morgan fingerprint density at radius 1 is 1.09 bits per heavy atom. The topological polar surface area (TPSA) is 30.5 Å². The summed E-state index contributed by atoms with van der Waals surface area (Å²) in [5.41, 5.74) is 0. The maximum absolute atomic E-state index is 5.25. The van der Waals surface area contributed by atoms with Crippen LogP contribution >= 0.6 is 0 Å². The lowest BCUT2D eigenvalue weighted by atomic mass is 10.1. The zero-order valence-electron chi connectivity index (χ0n) is 7.30. The molecule has 0 spiro atoms. The molecular weight excluding hydrogens is 142 g/mol. The third-order valence-electron chi connectivity index (χ3n) is 1.93. The Kier molecular flexibility index (Phi) is 3.83. The van der Waals surface area contributed by atoms with Crippen molar-refractivity contribution in [3.8, 4) is 0 Å². The second kappa shape index (κ2) is 4.70. The monoisotopic (exact) mass is 159 g/mol. The van der Waals surface area contributed by atoms with Gasteiger partial charge < -0.3 is 14.8 Å². The van der Waals surface area contributed by atoms with Crippen molar-refractivity contribution < 1.29 is 9.47 Å². The van der Waals surface area contributed by atoms with Gasteiger partial charge in [0.25, 0.3) is 0 Å². The summed E-state index contributed by atoms with van der Waals surface area (Å²) in [5.74, 6) is 0.731. The van der Waals surface area contributed by atoms with E-state index in [1.165, 1.54) is 12.8 Å². The molecule has 0 radical (unpaired) electrons. The standard InChI is InChI=1S/C6H10O2.C2H7N/c1-3-7-6-5(1)2-4-8-6;1-3-2/h5-6H,1-4H2;3H,1-2H3. The molecule has 0 saturated carbocycles. The maximum atomic E-state index is 5.25. The molecule has 2 aliphatic heterocycles. The highest BCUT2D eigenvalue weighted by Gasteiger charge is 2.33. The Morgan fingerprint density at radius 3 is 1.91 bits per heavy atom. The lowest BCUT2D eigenvalue weighted by molar-refractivity contribution is -0.0904. The van der Waals surface area contributed by atoms with Crippen molar-refractivity contribution in [3.63, 3.8) is 0 Å². The summed E-state index contributed by atoms with van der Waals surface area (Å²) in [6.07, 6.45) is 2.60. The molecule has 0 unspecified atom stereocenters. The number of ether oxygens (including phenoxy) is 2. The van der Waals surface area contributed by atoms with E-state index in [1.807, 2.05) is 14.1 Å². The third-order valence-corrected chi connectivity index (χ3v) is 1.93. The summed E-state index contributed by atoms with van der Waals surface area (Å²) in [7, 11) is 3.75. The molecule has 2 saturated heterocycles. The molecule has 2 fully saturated rings. The molecular formula is C8H17NO2. The Hall–Kier alpha value is -0.120. The van der Waals surface area contributed by atoms with E-state index in [9.17, 15) is 0 Å². The first kappa shape index (κ1) is 8.97. The molecule has 0 atom stereocenters. The van der Waals surface area contributed by atoms with Gasteiger partial charge in [-0.3, -0.25) is 0 Å². The average molecular weight is 159 g/mol. The van der Waals surface area contributed by atoms with Gasteiger partial charge in [-0.25, -0.2) is 0 Å². The zero-order chi connectivity index (χ0) is 8.10. The molecule has 2 heterocycles. The lowest BCUT2D eigenvalue weighted by Gasteiger charge is -2.03. The molecule has 0 amide bonds. The molecule has 0 aromatic heterocycles. The smallest absolute Gasteiger partial charge is 0.160 e. The molecule has 0 aromatic rings. The summed E-state index contributed by atoms with van der Waals surface area (Å²) in [6.45, 7) is 1.82. The Morgan fingerprint density at radius 2 is 1.55 bits per heavy atom. The van der Waals surface area contributed by atoms with Gasteiger partial charge in [0, 0.05) is 5.92 Å². The maximum Gasteiger partial charge on any atom is 0.160 e. The van der Waals surface area contributed by atoms with Crippen LogP contribution in [0.2, 0.25) is 0 Å². The number of fused-ring (bicyclic) bond motifs is 1. The predicted octanol–water partition coefficient (Wildman–Crippen LogP) is 0.605. The molecule has 11 heavy (non-hydrogen) atoms. The van der Waals surface area contributed by atoms with E-state index in [2.05, 4.69) is 5.32 Å². The van der Waals surface area contributed by atoms with Crippen LogP contribution in [0.5, 0.6) is 0 Å². The van der Waals surface area contributed by atoms with Crippen molar-refractivity contribution >= 4 is 0 Å². The van der Waals surface area contributed by atoms with E-state index >= 15 is 0 Å². The summed E-state index contributed by atoms with van der Waals surface area (Å²) >= 11 is 0. The van der Waals surface area contributed by atoms with Gasteiger partial charge in [-0.05, 0) is 26.9 Å². The first-order valence-electron chi connectivity index (χ1n) is 4.20. The fraction of sp³-hybridized carbons (Fsp3) is 1.00. The summed E-state index contributed by atoms with van der Waals surface area (Å²) < 4.78 is 10.5. The molecule has 2 aliphatic rings. The molecule has 0 aliphatic carbocycles. The number of nitrogens with one attached hydrogen (secondary N) is 1. The molecule has 1 N–H and O–H groups in total. The molecule has 2 rings (SSSR count). The van der Waals surface area contributed by atoms with Crippen LogP contribution in [0.1, 0.15) is 12.8 Å². The van der Waals surface area contributed by atoms with E-state index in [-0.39, 0.29) is 6.29 Å². The van der Waals surface area contributed by atoms with Gasteiger partial charge in [-0.15, -0.1) is 0 Å². The highest BCUT2D eigenvalue weighted by Crippen LogP contribution is 2.30. The minimum Gasteiger partial charge on any atom is -0.352 e. The second-order valence-electron chi connectivity index (χ2n) is 2.95. The molecule has 66 valence electrons. The van der Waals surface area contributed by atoms with E-state index in [0.29, 0.717) is 0 Å². The number of hydrogen-bond acceptors (Lipinski definition) is 3. The van der Waals surface area contributed by atoms with E-state index in [1.54, 1.807) is 0 Å². The second-order valence-corrected chi connectivity index (χ2v) is 2.95. The van der Waals surface area contributed by atoms with Gasteiger partial charge in [0.2, 0.25) is 0 Å². The molecule has 0 aromatic carbocycles. The van der Waals surface area contributed by atoms with Gasteiger partial charge in [0.15, 0.2) is 6.29 Å². The van der Waals surface area contributed by atoms with Crippen molar-refractivity contribution in [1.29, 1.82) is 0 Å². The Balaban J connectivity index is 0.000000179. The van der Waals surface area contributed by atoms with Crippen molar-refractivity contribution in [2.45, 2.75) is 19.1 Å². The zero-order valence-corrected chi connectivity index (χ0v) is 7.30. The normalized spacial score (nSPS) is 34.4. The van der Waals surface area contributed by atoms with Crippen LogP contribution in [-0.2, 0) is 9.47 Å². The van der Waals surface area contributed by atoms with Crippen LogP contribution in [0.15, 0.2) is 0 Å². The quantitative estimate of drug-likeness (QED) is 0.561. The van der Waals surface area contributed by atoms with Crippen LogP contribution in [-0.4, -0.2) is 33.6 Å². The number of hydrogen-bond donors (Lipinski definition) is 1. The summed E-state index contributed by atoms with van der Waals surface area (Å²) in [6, 6.07) is 0. The molecule has 3 heteroatoms. The van der Waals surface area contributed by atoms with Gasteiger partial charge in [0.1, 0.15) is 0 Å². The van der Waals surface area contributed by atoms with E-state index in [4.69, 9.17) is 9.47 Å². The average Bonchev–Trinajstić information content (AvgIpc) is 2.44.